The van der Waals surface area contributed by atoms with Gasteiger partial charge in [0.25, 0.3) is 5.91 Å². The molecule has 1 spiro atoms. The van der Waals surface area contributed by atoms with Crippen molar-refractivity contribution in [1.29, 1.82) is 0 Å². The van der Waals surface area contributed by atoms with Crippen molar-refractivity contribution in [2.45, 2.75) is 57.9 Å². The zero-order valence-electron chi connectivity index (χ0n) is 21.0. The van der Waals surface area contributed by atoms with Crippen molar-refractivity contribution >= 4 is 51.2 Å². The van der Waals surface area contributed by atoms with E-state index in [0.717, 1.165) is 36.9 Å². The molecular formula is C25H34ClN5O4S. The van der Waals surface area contributed by atoms with Crippen LogP contribution in [0.4, 0.5) is 10.5 Å². The molecule has 9 nitrogen and oxygen atoms in total. The molecular weight excluding hydrogens is 502 g/mol. The van der Waals surface area contributed by atoms with E-state index in [9.17, 15) is 18.0 Å². The second-order valence-corrected chi connectivity index (χ2v) is 12.5. The zero-order valence-corrected chi connectivity index (χ0v) is 22.5. The van der Waals surface area contributed by atoms with Crippen LogP contribution in [-0.4, -0.2) is 56.2 Å². The fourth-order valence-electron chi connectivity index (χ4n) is 5.23. The predicted molar refractivity (Wildman–Crippen MR) is 142 cm³/mol. The number of aliphatic imine (C=N–C) groups is 1. The summed E-state index contributed by atoms with van der Waals surface area (Å²) in [7, 11) is -2.20. The van der Waals surface area contributed by atoms with Gasteiger partial charge in [-0.3, -0.25) is 14.7 Å². The third kappa shape index (κ3) is 5.31. The van der Waals surface area contributed by atoms with Gasteiger partial charge in [-0.15, -0.1) is 0 Å². The molecule has 0 bridgehead atoms. The first-order valence-electron chi connectivity index (χ1n) is 12.3. The molecule has 0 unspecified atom stereocenters. The fourth-order valence-corrected chi connectivity index (χ4v) is 6.72. The van der Waals surface area contributed by atoms with Gasteiger partial charge in [-0.1, -0.05) is 31.4 Å². The molecule has 0 radical (unpaired) electrons. The molecule has 3 amide bonds. The average molecular weight is 536 g/mol. The van der Waals surface area contributed by atoms with Crippen molar-refractivity contribution < 1.29 is 18.0 Å². The summed E-state index contributed by atoms with van der Waals surface area (Å²) in [5.41, 5.74) is 6.22. The number of primary amides is 1. The molecule has 0 atom stereocenters. The number of benzene rings is 1. The lowest BCUT2D eigenvalue weighted by molar-refractivity contribution is -0.125. The molecule has 1 aliphatic carbocycles. The van der Waals surface area contributed by atoms with Crippen LogP contribution in [-0.2, 0) is 14.8 Å². The van der Waals surface area contributed by atoms with Crippen LogP contribution < -0.4 is 16.0 Å². The summed E-state index contributed by atoms with van der Waals surface area (Å²) in [5.74, 6) is 1.68. The SMILES string of the molecule is Cc1cc(N(C)C(N)=O)cc(Cl)c1C=CS(=O)(=O)N1CCC2(CC1)N=C(C1CCC(C)CC1)NC2=O. The molecule has 1 aromatic rings. The molecule has 3 N–H and O–H groups in total. The van der Waals surface area contributed by atoms with Crippen LogP contribution in [0.2, 0.25) is 5.02 Å². The molecule has 4 rings (SSSR count). The van der Waals surface area contributed by atoms with Gasteiger partial charge in [0, 0.05) is 37.2 Å². The summed E-state index contributed by atoms with van der Waals surface area (Å²) in [6.45, 7) is 4.47. The van der Waals surface area contributed by atoms with E-state index in [-0.39, 0.29) is 24.9 Å². The molecule has 0 aromatic heterocycles. The lowest BCUT2D eigenvalue weighted by atomic mass is 9.82. The Balaban J connectivity index is 1.44. The monoisotopic (exact) mass is 535 g/mol. The van der Waals surface area contributed by atoms with Gasteiger partial charge in [0.05, 0.1) is 5.02 Å². The summed E-state index contributed by atoms with van der Waals surface area (Å²) in [4.78, 5) is 30.4. The molecule has 1 saturated heterocycles. The van der Waals surface area contributed by atoms with Gasteiger partial charge in [-0.2, -0.15) is 4.31 Å². The van der Waals surface area contributed by atoms with Crippen LogP contribution in [0, 0.1) is 18.8 Å². The highest BCUT2D eigenvalue weighted by atomic mass is 35.5. The Morgan fingerprint density at radius 2 is 1.89 bits per heavy atom. The minimum absolute atomic E-state index is 0.105. The Morgan fingerprint density at radius 3 is 2.47 bits per heavy atom. The number of nitrogens with one attached hydrogen (secondary N) is 1. The first-order chi connectivity index (χ1) is 16.9. The number of carbonyl (C=O) groups excluding carboxylic acids is 2. The maximum absolute atomic E-state index is 13.1. The number of urea groups is 1. The minimum atomic E-state index is -3.73. The van der Waals surface area contributed by atoms with Gasteiger partial charge in [-0.25, -0.2) is 13.2 Å². The van der Waals surface area contributed by atoms with Gasteiger partial charge < -0.3 is 11.1 Å². The molecule has 36 heavy (non-hydrogen) atoms. The molecule has 2 heterocycles. The number of halogens is 1. The van der Waals surface area contributed by atoms with E-state index in [0.29, 0.717) is 40.6 Å². The number of hydrogen-bond acceptors (Lipinski definition) is 5. The van der Waals surface area contributed by atoms with Gasteiger partial charge in [-0.05, 0) is 67.9 Å². The smallest absolute Gasteiger partial charge is 0.318 e. The van der Waals surface area contributed by atoms with Crippen LogP contribution in [0.1, 0.15) is 56.6 Å². The van der Waals surface area contributed by atoms with Crippen LogP contribution in [0.3, 0.4) is 0 Å². The number of rotatable bonds is 5. The molecule has 2 aliphatic heterocycles. The van der Waals surface area contributed by atoms with Crippen molar-refractivity contribution in [3.8, 4) is 0 Å². The highest BCUT2D eigenvalue weighted by molar-refractivity contribution is 7.92. The second kappa shape index (κ2) is 10.1. The van der Waals surface area contributed by atoms with Crippen LogP contribution in [0.15, 0.2) is 22.5 Å². The van der Waals surface area contributed by atoms with Crippen LogP contribution >= 0.6 is 11.6 Å². The Morgan fingerprint density at radius 1 is 1.25 bits per heavy atom. The molecule has 2 fully saturated rings. The Kier molecular flexibility index (Phi) is 7.50. The van der Waals surface area contributed by atoms with Gasteiger partial charge in [0.1, 0.15) is 11.4 Å². The molecule has 11 heteroatoms. The van der Waals surface area contributed by atoms with Crippen LogP contribution in [0.5, 0.6) is 0 Å². The number of hydrogen-bond donors (Lipinski definition) is 2. The average Bonchev–Trinajstić information content (AvgIpc) is 3.13. The number of anilines is 1. The van der Waals surface area contributed by atoms with Gasteiger partial charge in [0.2, 0.25) is 10.0 Å². The van der Waals surface area contributed by atoms with E-state index in [1.807, 2.05) is 0 Å². The summed E-state index contributed by atoms with van der Waals surface area (Å²) >= 11 is 6.38. The van der Waals surface area contributed by atoms with Gasteiger partial charge in [0.15, 0.2) is 0 Å². The van der Waals surface area contributed by atoms with Crippen molar-refractivity contribution in [3.05, 3.63) is 33.7 Å². The standard InChI is InChI=1S/C25H34ClN5O4S/c1-16-4-6-18(7-5-16)22-28-23(32)25(29-22)9-11-31(12-10-25)36(34,35)13-8-20-17(2)14-19(15-21(20)26)30(3)24(27)33/h8,13-16,18H,4-7,9-12H2,1-3H3,(H2,27,33)(H,28,29,32). The predicted octanol–water partition coefficient (Wildman–Crippen LogP) is 3.65. The Bertz CT molecular complexity index is 1190. The molecule has 1 aromatic carbocycles. The topological polar surface area (TPSA) is 125 Å². The number of aryl methyl sites for hydroxylation is 1. The molecule has 3 aliphatic rings. The van der Waals surface area contributed by atoms with E-state index in [2.05, 4.69) is 12.2 Å². The Labute approximate surface area is 217 Å². The summed E-state index contributed by atoms with van der Waals surface area (Å²) in [6, 6.07) is 2.66. The first kappa shape index (κ1) is 26.6. The van der Waals surface area contributed by atoms with E-state index >= 15 is 0 Å². The first-order valence-corrected chi connectivity index (χ1v) is 14.2. The van der Waals surface area contributed by atoms with E-state index < -0.39 is 21.6 Å². The highest BCUT2D eigenvalue weighted by Crippen LogP contribution is 2.36. The largest absolute Gasteiger partial charge is 0.351 e. The lowest BCUT2D eigenvalue weighted by Crippen LogP contribution is -2.50. The number of nitrogens with two attached hydrogens (primary N) is 1. The zero-order chi connectivity index (χ0) is 26.3. The maximum Gasteiger partial charge on any atom is 0.318 e. The van der Waals surface area contributed by atoms with E-state index in [4.69, 9.17) is 22.3 Å². The van der Waals surface area contributed by atoms with E-state index in [1.54, 1.807) is 19.1 Å². The number of amidine groups is 1. The molecule has 1 saturated carbocycles. The minimum Gasteiger partial charge on any atom is -0.351 e. The van der Waals surface area contributed by atoms with Crippen molar-refractivity contribution in [2.24, 2.45) is 22.6 Å². The fraction of sp³-hybridized carbons (Fsp3) is 0.560. The van der Waals surface area contributed by atoms with Crippen molar-refractivity contribution in [2.75, 3.05) is 25.0 Å². The number of nitrogens with zero attached hydrogens (tertiary/aromatic N) is 3. The number of piperidine rings is 1. The lowest BCUT2D eigenvalue weighted by Gasteiger charge is -2.34. The number of sulfonamides is 1. The quantitative estimate of drug-likeness (QED) is 0.596. The van der Waals surface area contributed by atoms with E-state index in [1.165, 1.54) is 22.3 Å². The Hall–Kier alpha value is -2.43. The second-order valence-electron chi connectivity index (χ2n) is 10.2. The summed E-state index contributed by atoms with van der Waals surface area (Å²) in [5, 5.41) is 4.46. The third-order valence-electron chi connectivity index (χ3n) is 7.76. The van der Waals surface area contributed by atoms with Crippen LogP contribution in [0.25, 0.3) is 6.08 Å². The number of carbonyl (C=O) groups is 2. The molecule has 196 valence electrons. The normalized spacial score (nSPS) is 24.7. The van der Waals surface area contributed by atoms with Crippen molar-refractivity contribution in [3.63, 3.8) is 0 Å². The van der Waals surface area contributed by atoms with Gasteiger partial charge >= 0.3 is 6.03 Å². The highest BCUT2D eigenvalue weighted by Gasteiger charge is 2.48. The number of amides is 3. The van der Waals surface area contributed by atoms with Crippen molar-refractivity contribution in [1.82, 2.24) is 9.62 Å². The summed E-state index contributed by atoms with van der Waals surface area (Å²) in [6.07, 6.45) is 6.51. The third-order valence-corrected chi connectivity index (χ3v) is 9.63. The summed E-state index contributed by atoms with van der Waals surface area (Å²) < 4.78 is 27.5. The maximum atomic E-state index is 13.1.